The standard InChI is InChI=1S/C14H16FNO2/c15-14-4-3-12(10-13(14)2-1-7-17)11-16-5-8-18-9-6-16/h3-4,10,17H,5-9,11H2. The second kappa shape index (κ2) is 6.50. The maximum atomic E-state index is 13.5. The Morgan fingerprint density at radius 2 is 2.11 bits per heavy atom. The highest BCUT2D eigenvalue weighted by Gasteiger charge is 2.11. The predicted octanol–water partition coefficient (Wildman–Crippen LogP) is 1.00. The zero-order valence-electron chi connectivity index (χ0n) is 10.2. The molecule has 0 radical (unpaired) electrons. The van der Waals surface area contributed by atoms with Crippen LogP contribution in [0.3, 0.4) is 0 Å². The van der Waals surface area contributed by atoms with Crippen molar-refractivity contribution in [3.8, 4) is 11.8 Å². The van der Waals surface area contributed by atoms with E-state index in [-0.39, 0.29) is 12.4 Å². The van der Waals surface area contributed by atoms with E-state index >= 15 is 0 Å². The monoisotopic (exact) mass is 249 g/mol. The number of hydrogen-bond donors (Lipinski definition) is 1. The third-order valence-electron chi connectivity index (χ3n) is 2.84. The van der Waals surface area contributed by atoms with Crippen molar-refractivity contribution in [3.05, 3.63) is 35.1 Å². The van der Waals surface area contributed by atoms with Crippen LogP contribution in [0.1, 0.15) is 11.1 Å². The molecule has 0 amide bonds. The smallest absolute Gasteiger partial charge is 0.138 e. The molecular weight excluding hydrogens is 233 g/mol. The number of benzene rings is 1. The van der Waals surface area contributed by atoms with E-state index in [1.165, 1.54) is 6.07 Å². The summed E-state index contributed by atoms with van der Waals surface area (Å²) < 4.78 is 18.7. The van der Waals surface area contributed by atoms with Crippen molar-refractivity contribution in [1.29, 1.82) is 0 Å². The maximum absolute atomic E-state index is 13.5. The highest BCUT2D eigenvalue weighted by molar-refractivity contribution is 5.38. The number of nitrogens with zero attached hydrogens (tertiary/aromatic N) is 1. The van der Waals surface area contributed by atoms with E-state index in [9.17, 15) is 4.39 Å². The van der Waals surface area contributed by atoms with Crippen molar-refractivity contribution < 1.29 is 14.2 Å². The number of hydrogen-bond acceptors (Lipinski definition) is 3. The summed E-state index contributed by atoms with van der Waals surface area (Å²) in [5.41, 5.74) is 1.37. The van der Waals surface area contributed by atoms with E-state index in [1.54, 1.807) is 12.1 Å². The molecule has 1 fully saturated rings. The summed E-state index contributed by atoms with van der Waals surface area (Å²) in [6.07, 6.45) is 0. The van der Waals surface area contributed by atoms with E-state index in [4.69, 9.17) is 9.84 Å². The van der Waals surface area contributed by atoms with Gasteiger partial charge in [0.2, 0.25) is 0 Å². The predicted molar refractivity (Wildman–Crippen MR) is 66.5 cm³/mol. The first-order valence-electron chi connectivity index (χ1n) is 5.98. The highest BCUT2D eigenvalue weighted by Crippen LogP contribution is 2.12. The molecular formula is C14H16FNO2. The topological polar surface area (TPSA) is 32.7 Å². The minimum absolute atomic E-state index is 0.257. The molecule has 96 valence electrons. The molecule has 0 spiro atoms. The molecule has 0 bridgehead atoms. The van der Waals surface area contributed by atoms with Crippen LogP contribution in [0.4, 0.5) is 4.39 Å². The van der Waals surface area contributed by atoms with Crippen LogP contribution in [0.2, 0.25) is 0 Å². The Kier molecular flexibility index (Phi) is 4.71. The van der Waals surface area contributed by atoms with Gasteiger partial charge >= 0.3 is 0 Å². The Bertz CT molecular complexity index is 459. The normalized spacial score (nSPS) is 16.1. The van der Waals surface area contributed by atoms with Crippen molar-refractivity contribution in [3.63, 3.8) is 0 Å². The number of aliphatic hydroxyl groups is 1. The van der Waals surface area contributed by atoms with E-state index < -0.39 is 0 Å². The van der Waals surface area contributed by atoms with Gasteiger partial charge in [0.25, 0.3) is 0 Å². The summed E-state index contributed by atoms with van der Waals surface area (Å²) in [6.45, 7) is 3.81. The Morgan fingerprint density at radius 1 is 1.33 bits per heavy atom. The van der Waals surface area contributed by atoms with Gasteiger partial charge in [-0.15, -0.1) is 0 Å². The van der Waals surface area contributed by atoms with Crippen molar-refractivity contribution in [2.75, 3.05) is 32.9 Å². The fraction of sp³-hybridized carbons (Fsp3) is 0.429. The summed E-state index contributed by atoms with van der Waals surface area (Å²) in [4.78, 5) is 2.26. The molecule has 1 heterocycles. The van der Waals surface area contributed by atoms with Crippen molar-refractivity contribution >= 4 is 0 Å². The van der Waals surface area contributed by atoms with Gasteiger partial charge in [-0.05, 0) is 17.7 Å². The third kappa shape index (κ3) is 3.54. The molecule has 0 aromatic heterocycles. The number of morpholine rings is 1. The van der Waals surface area contributed by atoms with Crippen LogP contribution in [0.15, 0.2) is 18.2 Å². The van der Waals surface area contributed by atoms with Crippen LogP contribution in [0, 0.1) is 17.7 Å². The van der Waals surface area contributed by atoms with E-state index in [0.717, 1.165) is 38.4 Å². The Balaban J connectivity index is 2.08. The minimum atomic E-state index is -0.346. The summed E-state index contributed by atoms with van der Waals surface area (Å²) in [7, 11) is 0. The van der Waals surface area contributed by atoms with Crippen molar-refractivity contribution in [2.24, 2.45) is 0 Å². The van der Waals surface area contributed by atoms with Gasteiger partial charge in [-0.2, -0.15) is 0 Å². The Labute approximate surface area is 106 Å². The second-order valence-corrected chi connectivity index (χ2v) is 4.16. The van der Waals surface area contributed by atoms with E-state index in [0.29, 0.717) is 5.56 Å². The Hall–Kier alpha value is -1.41. The molecule has 2 rings (SSSR count). The van der Waals surface area contributed by atoms with Gasteiger partial charge in [0.1, 0.15) is 12.4 Å². The van der Waals surface area contributed by atoms with Gasteiger partial charge in [0, 0.05) is 19.6 Å². The maximum Gasteiger partial charge on any atom is 0.138 e. The minimum Gasteiger partial charge on any atom is -0.384 e. The van der Waals surface area contributed by atoms with Crippen LogP contribution in [0.25, 0.3) is 0 Å². The first kappa shape index (κ1) is 13.0. The fourth-order valence-electron chi connectivity index (χ4n) is 1.92. The number of rotatable bonds is 2. The van der Waals surface area contributed by atoms with Crippen LogP contribution >= 0.6 is 0 Å². The largest absolute Gasteiger partial charge is 0.384 e. The highest BCUT2D eigenvalue weighted by atomic mass is 19.1. The van der Waals surface area contributed by atoms with Gasteiger partial charge in [-0.25, -0.2) is 4.39 Å². The molecule has 1 aliphatic rings. The molecule has 1 saturated heterocycles. The van der Waals surface area contributed by atoms with Gasteiger partial charge < -0.3 is 9.84 Å². The van der Waals surface area contributed by atoms with Gasteiger partial charge in [0.05, 0.1) is 18.8 Å². The van der Waals surface area contributed by atoms with Gasteiger partial charge in [-0.3, -0.25) is 4.90 Å². The van der Waals surface area contributed by atoms with E-state index in [1.807, 2.05) is 0 Å². The van der Waals surface area contributed by atoms with Crippen LogP contribution < -0.4 is 0 Å². The SMILES string of the molecule is OCC#Cc1cc(CN2CCOCC2)ccc1F. The first-order valence-corrected chi connectivity index (χ1v) is 5.98. The molecule has 18 heavy (non-hydrogen) atoms. The van der Waals surface area contributed by atoms with Gasteiger partial charge in [-0.1, -0.05) is 17.9 Å². The Morgan fingerprint density at radius 3 is 2.83 bits per heavy atom. The van der Waals surface area contributed by atoms with Crippen molar-refractivity contribution in [1.82, 2.24) is 4.90 Å². The quantitative estimate of drug-likeness (QED) is 0.794. The lowest BCUT2D eigenvalue weighted by molar-refractivity contribution is 0.0342. The second-order valence-electron chi connectivity index (χ2n) is 4.16. The lowest BCUT2D eigenvalue weighted by Gasteiger charge is -2.26. The molecule has 0 atom stereocenters. The van der Waals surface area contributed by atoms with Crippen LogP contribution in [0.5, 0.6) is 0 Å². The first-order chi connectivity index (χ1) is 8.79. The molecule has 3 nitrogen and oxygen atoms in total. The van der Waals surface area contributed by atoms with Gasteiger partial charge in [0.15, 0.2) is 0 Å². The average molecular weight is 249 g/mol. The average Bonchev–Trinajstić information content (AvgIpc) is 2.40. The lowest BCUT2D eigenvalue weighted by Crippen LogP contribution is -2.35. The molecule has 1 N–H and O–H groups in total. The third-order valence-corrected chi connectivity index (χ3v) is 2.84. The zero-order valence-corrected chi connectivity index (χ0v) is 10.2. The number of aliphatic hydroxyl groups excluding tert-OH is 1. The summed E-state index contributed by atoms with van der Waals surface area (Å²) >= 11 is 0. The van der Waals surface area contributed by atoms with Crippen LogP contribution in [-0.4, -0.2) is 42.9 Å². The molecule has 1 aromatic carbocycles. The van der Waals surface area contributed by atoms with E-state index in [2.05, 4.69) is 16.7 Å². The molecule has 0 unspecified atom stereocenters. The molecule has 1 aliphatic heterocycles. The van der Waals surface area contributed by atoms with Crippen LogP contribution in [-0.2, 0) is 11.3 Å². The molecule has 1 aromatic rings. The summed E-state index contributed by atoms with van der Waals surface area (Å²) in [6, 6.07) is 4.94. The zero-order chi connectivity index (χ0) is 12.8. The molecule has 0 saturated carbocycles. The number of ether oxygens (including phenoxy) is 1. The lowest BCUT2D eigenvalue weighted by atomic mass is 10.1. The number of halogens is 1. The van der Waals surface area contributed by atoms with Crippen molar-refractivity contribution in [2.45, 2.75) is 6.54 Å². The fourth-order valence-corrected chi connectivity index (χ4v) is 1.92. The molecule has 4 heteroatoms. The molecule has 0 aliphatic carbocycles. The summed E-state index contributed by atoms with van der Waals surface area (Å²) in [5.74, 6) is 4.74. The summed E-state index contributed by atoms with van der Waals surface area (Å²) in [5, 5.41) is 8.63.